The first-order valence-electron chi connectivity index (χ1n) is 2.73. The Labute approximate surface area is 85.2 Å². The number of ether oxygens (including phenoxy) is 1. The average Bonchev–Trinajstić information content (AvgIpc) is 1.85. The average molecular weight is 257 g/mol. The molecule has 0 saturated heterocycles. The van der Waals surface area contributed by atoms with Gasteiger partial charge in [0.1, 0.15) is 0 Å². The van der Waals surface area contributed by atoms with E-state index in [2.05, 4.69) is 9.26 Å². The van der Waals surface area contributed by atoms with Gasteiger partial charge < -0.3 is 14.2 Å². The first-order valence-corrected chi connectivity index (χ1v) is 5.51. The Balaban J connectivity index is 4.69. The summed E-state index contributed by atoms with van der Waals surface area (Å²) >= 11 is 16.1. The van der Waals surface area contributed by atoms with Gasteiger partial charge in [0, 0.05) is 14.2 Å². The van der Waals surface area contributed by atoms with Gasteiger partial charge in [-0.2, -0.15) is 0 Å². The molecule has 0 aromatic carbocycles. The van der Waals surface area contributed by atoms with E-state index in [1.165, 1.54) is 0 Å². The molecule has 1 N–H and O–H groups in total. The highest BCUT2D eigenvalue weighted by molar-refractivity contribution is 7.54. The van der Waals surface area contributed by atoms with Gasteiger partial charge in [-0.1, -0.05) is 34.8 Å². The highest BCUT2D eigenvalue weighted by Gasteiger charge is 2.46. The summed E-state index contributed by atoms with van der Waals surface area (Å²) in [7, 11) is -1.84. The third kappa shape index (κ3) is 3.38. The number of halogens is 3. The van der Waals surface area contributed by atoms with E-state index in [4.69, 9.17) is 39.7 Å². The van der Waals surface area contributed by atoms with Gasteiger partial charge in [-0.25, -0.2) is 0 Å². The zero-order valence-corrected chi connectivity index (χ0v) is 9.49. The molecular weight excluding hydrogens is 249 g/mol. The second-order valence-corrected chi connectivity index (χ2v) is 6.21. The van der Waals surface area contributed by atoms with Gasteiger partial charge in [0.15, 0.2) is 0 Å². The van der Waals surface area contributed by atoms with Crippen LogP contribution in [0.3, 0.4) is 0 Å². The first kappa shape index (κ1) is 13.0. The number of hydrogen-bond donors (Lipinski definition) is 1. The van der Waals surface area contributed by atoms with Gasteiger partial charge >= 0.3 is 7.60 Å². The molecule has 0 aliphatic carbocycles. The highest BCUT2D eigenvalue weighted by atomic mass is 35.6. The number of rotatable bonds is 3. The molecule has 8 heteroatoms. The normalized spacial score (nSPS) is 20.2. The third-order valence-electron chi connectivity index (χ3n) is 1.06. The molecule has 0 aromatic heterocycles. The summed E-state index contributed by atoms with van der Waals surface area (Å²) in [6, 6.07) is 0. The van der Waals surface area contributed by atoms with Crippen LogP contribution in [0.1, 0.15) is 0 Å². The van der Waals surface area contributed by atoms with Gasteiger partial charge in [-0.3, -0.25) is 4.57 Å². The van der Waals surface area contributed by atoms with Crippen LogP contribution in [0.25, 0.3) is 0 Å². The molecule has 0 fully saturated rings. The fourth-order valence-electron chi connectivity index (χ4n) is 0.548. The maximum Gasteiger partial charge on any atom is 0.360 e. The smallest absolute Gasteiger partial charge is 0.360 e. The molecule has 0 heterocycles. The zero-order valence-electron chi connectivity index (χ0n) is 6.33. The van der Waals surface area contributed by atoms with Crippen molar-refractivity contribution in [1.82, 2.24) is 0 Å². The molecule has 0 aliphatic rings. The molecule has 2 atom stereocenters. The van der Waals surface area contributed by atoms with Crippen LogP contribution in [0.2, 0.25) is 0 Å². The molecule has 0 radical (unpaired) electrons. The van der Waals surface area contributed by atoms with Crippen molar-refractivity contribution in [1.29, 1.82) is 0 Å². The predicted molar refractivity (Wildman–Crippen MR) is 47.9 cm³/mol. The summed E-state index contributed by atoms with van der Waals surface area (Å²) in [6.45, 7) is 0. The Morgan fingerprint density at radius 1 is 1.42 bits per heavy atom. The largest absolute Gasteiger partial charge is 0.365 e. The molecule has 0 rings (SSSR count). The topological polar surface area (TPSA) is 55.8 Å². The highest BCUT2D eigenvalue weighted by Crippen LogP contribution is 2.55. The van der Waals surface area contributed by atoms with Crippen molar-refractivity contribution in [3.8, 4) is 0 Å². The molecule has 4 nitrogen and oxygen atoms in total. The minimum absolute atomic E-state index is 1.03. The van der Waals surface area contributed by atoms with Gasteiger partial charge in [-0.15, -0.1) is 0 Å². The fourth-order valence-corrected chi connectivity index (χ4v) is 2.75. The van der Waals surface area contributed by atoms with E-state index in [-0.39, 0.29) is 0 Å². The van der Waals surface area contributed by atoms with E-state index in [9.17, 15) is 4.57 Å². The lowest BCUT2D eigenvalue weighted by molar-refractivity contribution is 0.132. The summed E-state index contributed by atoms with van der Waals surface area (Å²) < 4.78 is 17.9. The van der Waals surface area contributed by atoms with Crippen molar-refractivity contribution in [3.05, 3.63) is 0 Å². The molecule has 0 bridgehead atoms. The van der Waals surface area contributed by atoms with Crippen LogP contribution in [-0.2, 0) is 13.8 Å². The second kappa shape index (κ2) is 4.47. The van der Waals surface area contributed by atoms with E-state index < -0.39 is 17.2 Å². The minimum atomic E-state index is -4.02. The number of alkyl halides is 3. The minimum Gasteiger partial charge on any atom is -0.365 e. The van der Waals surface area contributed by atoms with Crippen LogP contribution in [0, 0.1) is 0 Å². The van der Waals surface area contributed by atoms with Crippen molar-refractivity contribution >= 4 is 42.4 Å². The third-order valence-corrected chi connectivity index (χ3v) is 3.83. The van der Waals surface area contributed by atoms with Crippen LogP contribution < -0.4 is 0 Å². The monoisotopic (exact) mass is 256 g/mol. The van der Waals surface area contributed by atoms with Crippen molar-refractivity contribution < 1.29 is 18.7 Å². The molecule has 0 saturated carbocycles. The summed E-state index contributed by atoms with van der Waals surface area (Å²) in [5.74, 6) is -1.49. The molecular formula is C4H8Cl3O4P. The Kier molecular flexibility index (Phi) is 4.83. The fraction of sp³-hybridized carbons (Fsp3) is 1.00. The van der Waals surface area contributed by atoms with Gasteiger partial charge in [-0.05, 0) is 0 Å². The first-order chi connectivity index (χ1) is 5.25. The lowest BCUT2D eigenvalue weighted by atomic mass is 10.8. The van der Waals surface area contributed by atoms with Gasteiger partial charge in [0.25, 0.3) is 0 Å². The van der Waals surface area contributed by atoms with Gasteiger partial charge in [0.2, 0.25) is 9.64 Å². The van der Waals surface area contributed by atoms with Crippen LogP contribution >= 0.6 is 42.4 Å². The summed E-state index contributed by atoms with van der Waals surface area (Å²) in [5, 5.41) is 0. The van der Waals surface area contributed by atoms with Crippen molar-refractivity contribution in [2.24, 2.45) is 0 Å². The van der Waals surface area contributed by atoms with Crippen LogP contribution in [0.15, 0.2) is 0 Å². The molecule has 0 aromatic rings. The molecule has 12 heavy (non-hydrogen) atoms. The second-order valence-electron chi connectivity index (χ2n) is 1.88. The van der Waals surface area contributed by atoms with Gasteiger partial charge in [0.05, 0.1) is 0 Å². The van der Waals surface area contributed by atoms with Crippen molar-refractivity contribution in [3.63, 3.8) is 0 Å². The molecule has 0 spiro atoms. The molecule has 2 unspecified atom stereocenters. The Morgan fingerprint density at radius 2 is 1.83 bits per heavy atom. The van der Waals surface area contributed by atoms with Crippen LogP contribution in [0.4, 0.5) is 0 Å². The Morgan fingerprint density at radius 3 is 1.92 bits per heavy atom. The summed E-state index contributed by atoms with van der Waals surface area (Å²) in [5.41, 5.74) is 0. The molecule has 0 amide bonds. The number of hydrogen-bond acceptors (Lipinski definition) is 3. The summed E-state index contributed by atoms with van der Waals surface area (Å²) in [4.78, 5) is 9.07. The lowest BCUT2D eigenvalue weighted by Crippen LogP contribution is -2.28. The van der Waals surface area contributed by atoms with E-state index >= 15 is 0 Å². The standard InChI is InChI=1S/C4H8Cl3O4P/c1-10-3(4(5,6)7)12(8,9)11-2/h3H,1-2H3,(H,8,9). The Bertz CT molecular complexity index is 191. The Hall–Kier alpha value is 0.980. The van der Waals surface area contributed by atoms with E-state index in [0.717, 1.165) is 14.2 Å². The van der Waals surface area contributed by atoms with Crippen LogP contribution in [0.5, 0.6) is 0 Å². The molecule has 0 aliphatic heterocycles. The van der Waals surface area contributed by atoms with E-state index in [0.29, 0.717) is 0 Å². The SMILES string of the molecule is COC(C(Cl)(Cl)Cl)P(=O)(O)OC. The van der Waals surface area contributed by atoms with Crippen molar-refractivity contribution in [2.45, 2.75) is 9.64 Å². The number of methoxy groups -OCH3 is 1. The maximum absolute atomic E-state index is 11.1. The van der Waals surface area contributed by atoms with E-state index in [1.807, 2.05) is 0 Å². The zero-order chi connectivity index (χ0) is 9.99. The molecule has 74 valence electrons. The van der Waals surface area contributed by atoms with Crippen molar-refractivity contribution in [2.75, 3.05) is 14.2 Å². The lowest BCUT2D eigenvalue weighted by Gasteiger charge is -2.25. The van der Waals surface area contributed by atoms with E-state index in [1.54, 1.807) is 0 Å². The van der Waals surface area contributed by atoms with Crippen LogP contribution in [-0.4, -0.2) is 28.8 Å². The maximum atomic E-state index is 11.1. The predicted octanol–water partition coefficient (Wildman–Crippen LogP) is 2.16. The quantitative estimate of drug-likeness (QED) is 0.622. The summed E-state index contributed by atoms with van der Waals surface area (Å²) in [6.07, 6.45) is 0.